The molecule has 6 heteroatoms. The molecule has 0 atom stereocenters. The third-order valence-corrected chi connectivity index (χ3v) is 2.02. The number of carbonyl (C=O) groups excluding carboxylic acids is 1. The monoisotopic (exact) mass is 242 g/mol. The zero-order valence-corrected chi connectivity index (χ0v) is 10.5. The van der Waals surface area contributed by atoms with Crippen molar-refractivity contribution in [3.63, 3.8) is 0 Å². The first-order chi connectivity index (χ1) is 8.11. The highest BCUT2D eigenvalue weighted by Gasteiger charge is 2.18. The van der Waals surface area contributed by atoms with E-state index in [0.717, 1.165) is 0 Å². The summed E-state index contributed by atoms with van der Waals surface area (Å²) in [5.74, 6) is -0.368. The summed E-state index contributed by atoms with van der Waals surface area (Å²) in [6, 6.07) is 0. The first-order valence-corrected chi connectivity index (χ1v) is 5.43. The van der Waals surface area contributed by atoms with Crippen molar-refractivity contribution in [1.29, 1.82) is 0 Å². The van der Waals surface area contributed by atoms with Crippen molar-refractivity contribution in [1.82, 2.24) is 0 Å². The van der Waals surface area contributed by atoms with Crippen molar-refractivity contribution in [3.05, 3.63) is 20.4 Å². The number of methoxy groups -OCH3 is 1. The van der Waals surface area contributed by atoms with E-state index in [2.05, 4.69) is 15.4 Å². The Labute approximate surface area is 99.7 Å². The first-order valence-electron chi connectivity index (χ1n) is 5.43. The maximum Gasteiger partial charge on any atom is 0.307 e. The van der Waals surface area contributed by atoms with Gasteiger partial charge in [-0.3, -0.25) is 14.4 Å². The number of esters is 1. The van der Waals surface area contributed by atoms with E-state index in [1.54, 1.807) is 7.05 Å². The lowest BCUT2D eigenvalue weighted by molar-refractivity contribution is -0.140. The quantitative estimate of drug-likeness (QED) is 0.571. The van der Waals surface area contributed by atoms with Gasteiger partial charge in [-0.15, -0.1) is 0 Å². The molecule has 0 fully saturated rings. The molecule has 0 aliphatic heterocycles. The van der Waals surface area contributed by atoms with Crippen LogP contribution in [0.5, 0.6) is 0 Å². The molecule has 1 aromatic carbocycles. The van der Waals surface area contributed by atoms with E-state index in [0.29, 0.717) is 0 Å². The van der Waals surface area contributed by atoms with Gasteiger partial charge in [-0.25, -0.2) is 0 Å². The number of ether oxygens (including phenoxy) is 1. The van der Waals surface area contributed by atoms with Crippen molar-refractivity contribution in [2.24, 2.45) is 0 Å². The summed E-state index contributed by atoms with van der Waals surface area (Å²) in [6.07, 6.45) is 0.151. The smallest absolute Gasteiger partial charge is 0.307 e. The minimum Gasteiger partial charge on any atom is -0.469 e. The topological polar surface area (TPSA) is 84.5 Å². The molecule has 0 aliphatic carbocycles. The number of nitrogens with one attached hydrogen (secondary N) is 2. The van der Waals surface area contributed by atoms with Crippen LogP contribution in [0.25, 0.3) is 0 Å². The fraction of sp³-hybridized carbons (Fsp3) is 0.545. The lowest BCUT2D eigenvalue weighted by atomic mass is 10.2. The minimum atomic E-state index is -0.552. The highest BCUT2D eigenvalue weighted by atomic mass is 16.5. The number of hydrogen-bond donors (Lipinski definition) is 2. The Morgan fingerprint density at radius 3 is 2.18 bits per heavy atom. The van der Waals surface area contributed by atoms with Gasteiger partial charge in [-0.1, -0.05) is 13.8 Å². The molecule has 0 amide bonds. The predicted octanol–water partition coefficient (Wildman–Crippen LogP) is 0.325. The zero-order chi connectivity index (χ0) is 13.4. The van der Waals surface area contributed by atoms with Crippen molar-refractivity contribution >= 4 is 17.3 Å². The van der Waals surface area contributed by atoms with Crippen LogP contribution in [0.2, 0.25) is 0 Å². The highest BCUT2D eigenvalue weighted by Crippen LogP contribution is 2.12. The fourth-order valence-corrected chi connectivity index (χ4v) is 1.19. The van der Waals surface area contributed by atoms with Crippen LogP contribution in [0.4, 0.5) is 11.4 Å². The molecule has 0 unspecified atom stereocenters. The lowest BCUT2D eigenvalue weighted by Gasteiger charge is -2.11. The van der Waals surface area contributed by atoms with Crippen LogP contribution in [0.1, 0.15) is 20.3 Å². The summed E-state index contributed by atoms with van der Waals surface area (Å²) < 4.78 is 4.42. The largest absolute Gasteiger partial charge is 0.469 e. The summed E-state index contributed by atoms with van der Waals surface area (Å²) in [6.45, 7) is 4.27. The van der Waals surface area contributed by atoms with Crippen LogP contribution in [0, 0.1) is 0 Å². The first kappa shape index (κ1) is 15.2. The number of carbonyl (C=O) groups is 1. The number of hydrogen-bond acceptors (Lipinski definition) is 6. The Hall–Kier alpha value is -1.85. The van der Waals surface area contributed by atoms with Crippen LogP contribution < -0.4 is 21.5 Å². The molecule has 96 valence electrons. The Morgan fingerprint density at radius 2 is 1.71 bits per heavy atom. The molecule has 0 saturated heterocycles. The normalized spacial score (nSPS) is 9.18. The Kier molecular flexibility index (Phi) is 6.62. The molecule has 0 spiro atoms. The SMILES string of the molecule is CC.CNc1c(NCCC(=O)OC)c(=O)c1=O. The van der Waals surface area contributed by atoms with E-state index < -0.39 is 10.9 Å². The predicted molar refractivity (Wildman–Crippen MR) is 67.4 cm³/mol. The van der Waals surface area contributed by atoms with Gasteiger partial charge in [0.1, 0.15) is 11.4 Å². The van der Waals surface area contributed by atoms with Gasteiger partial charge in [0.2, 0.25) is 0 Å². The van der Waals surface area contributed by atoms with Gasteiger partial charge in [0.25, 0.3) is 10.9 Å². The van der Waals surface area contributed by atoms with E-state index in [4.69, 9.17) is 0 Å². The maximum atomic E-state index is 11.1. The molecule has 0 radical (unpaired) electrons. The molecule has 6 nitrogen and oxygen atoms in total. The average molecular weight is 242 g/mol. The average Bonchev–Trinajstić information content (AvgIpc) is 2.39. The molecule has 0 bridgehead atoms. The number of anilines is 2. The van der Waals surface area contributed by atoms with Crippen molar-refractivity contribution in [2.45, 2.75) is 20.3 Å². The molecule has 17 heavy (non-hydrogen) atoms. The van der Waals surface area contributed by atoms with Gasteiger partial charge in [0.15, 0.2) is 0 Å². The Morgan fingerprint density at radius 1 is 1.18 bits per heavy atom. The van der Waals surface area contributed by atoms with Gasteiger partial charge < -0.3 is 15.4 Å². The summed E-state index contributed by atoms with van der Waals surface area (Å²) in [7, 11) is 2.85. The molecule has 0 aliphatic rings. The Bertz CT molecular complexity index is 433. The molecular weight excluding hydrogens is 224 g/mol. The molecule has 1 aromatic rings. The number of rotatable bonds is 5. The lowest BCUT2D eigenvalue weighted by Crippen LogP contribution is -2.37. The van der Waals surface area contributed by atoms with Crippen LogP contribution in [0.3, 0.4) is 0 Å². The van der Waals surface area contributed by atoms with Gasteiger partial charge in [0.05, 0.1) is 13.5 Å². The standard InChI is InChI=1S/C9H12N2O4.C2H6/c1-10-6-7(9(14)8(6)13)11-4-3-5(12)15-2;1-2/h10-11H,3-4H2,1-2H3;1-2H3. The van der Waals surface area contributed by atoms with E-state index >= 15 is 0 Å². The Balaban J connectivity index is 0.00000121. The zero-order valence-electron chi connectivity index (χ0n) is 10.5. The molecule has 0 heterocycles. The van der Waals surface area contributed by atoms with Gasteiger partial charge >= 0.3 is 5.97 Å². The van der Waals surface area contributed by atoms with Crippen LogP contribution in [0.15, 0.2) is 9.59 Å². The summed E-state index contributed by atoms with van der Waals surface area (Å²) in [5, 5.41) is 5.33. The maximum absolute atomic E-state index is 11.1. The third-order valence-electron chi connectivity index (χ3n) is 2.02. The molecular formula is C11H18N2O4. The van der Waals surface area contributed by atoms with E-state index in [9.17, 15) is 14.4 Å². The van der Waals surface area contributed by atoms with E-state index in [-0.39, 0.29) is 30.3 Å². The van der Waals surface area contributed by atoms with E-state index in [1.165, 1.54) is 7.11 Å². The van der Waals surface area contributed by atoms with Crippen LogP contribution in [-0.4, -0.2) is 26.7 Å². The summed E-state index contributed by atoms with van der Waals surface area (Å²) >= 11 is 0. The minimum absolute atomic E-state index is 0.151. The van der Waals surface area contributed by atoms with Crippen molar-refractivity contribution < 1.29 is 9.53 Å². The molecule has 1 rings (SSSR count). The molecule has 0 aromatic heterocycles. The third kappa shape index (κ3) is 3.58. The van der Waals surface area contributed by atoms with Gasteiger partial charge in [-0.2, -0.15) is 0 Å². The van der Waals surface area contributed by atoms with Crippen LogP contribution in [-0.2, 0) is 9.53 Å². The second-order valence-corrected chi connectivity index (χ2v) is 2.91. The van der Waals surface area contributed by atoms with E-state index in [1.807, 2.05) is 13.8 Å². The van der Waals surface area contributed by atoms with Gasteiger partial charge in [0, 0.05) is 13.6 Å². The highest BCUT2D eigenvalue weighted by molar-refractivity contribution is 5.75. The summed E-state index contributed by atoms with van der Waals surface area (Å²) in [5.41, 5.74) is -0.571. The van der Waals surface area contributed by atoms with Gasteiger partial charge in [-0.05, 0) is 0 Å². The molecule has 2 N–H and O–H groups in total. The molecule has 0 saturated carbocycles. The van der Waals surface area contributed by atoms with Crippen molar-refractivity contribution in [2.75, 3.05) is 31.3 Å². The van der Waals surface area contributed by atoms with Crippen LogP contribution >= 0.6 is 0 Å². The van der Waals surface area contributed by atoms with Crippen molar-refractivity contribution in [3.8, 4) is 0 Å². The second kappa shape index (κ2) is 7.43. The fourth-order valence-electron chi connectivity index (χ4n) is 1.19. The second-order valence-electron chi connectivity index (χ2n) is 2.91. The summed E-state index contributed by atoms with van der Waals surface area (Å²) in [4.78, 5) is 32.8.